The fraction of sp³-hybridized carbons (Fsp3) is 0.300. The van der Waals surface area contributed by atoms with Gasteiger partial charge in [0.2, 0.25) is 0 Å². The van der Waals surface area contributed by atoms with Gasteiger partial charge in [0, 0.05) is 24.1 Å². The van der Waals surface area contributed by atoms with E-state index in [9.17, 15) is 20.0 Å². The minimum Gasteiger partial charge on any atom is -0.506 e. The smallest absolute Gasteiger partial charge is 0.407 e. The van der Waals surface area contributed by atoms with Crippen molar-refractivity contribution in [3.05, 3.63) is 32.3 Å². The first-order valence-electron chi connectivity index (χ1n) is 5.09. The number of ether oxygens (including phenoxy) is 1. The Balaban J connectivity index is 2.42. The molecule has 18 heavy (non-hydrogen) atoms. The molecule has 1 heterocycles. The molecule has 1 aromatic carbocycles. The number of non-ortho nitro benzene ring substituents is 1. The van der Waals surface area contributed by atoms with E-state index in [4.69, 9.17) is 4.74 Å². The quantitative estimate of drug-likeness (QED) is 0.643. The van der Waals surface area contributed by atoms with E-state index in [-0.39, 0.29) is 22.5 Å². The van der Waals surface area contributed by atoms with E-state index in [1.807, 2.05) is 0 Å². The van der Waals surface area contributed by atoms with Crippen LogP contribution in [0.1, 0.15) is 18.0 Å². The number of cyclic esters (lactones) is 1. The highest BCUT2D eigenvalue weighted by Crippen LogP contribution is 2.37. The Hall–Kier alpha value is -1.83. The zero-order valence-corrected chi connectivity index (χ0v) is 10.6. The molecule has 1 atom stereocenters. The molecule has 0 radical (unpaired) electrons. The molecule has 0 saturated carbocycles. The average molecular weight is 317 g/mol. The van der Waals surface area contributed by atoms with Crippen LogP contribution in [0.3, 0.4) is 0 Å². The number of amides is 1. The number of benzene rings is 1. The van der Waals surface area contributed by atoms with Crippen molar-refractivity contribution in [1.29, 1.82) is 0 Å². The third-order valence-corrected chi connectivity index (χ3v) is 3.20. The number of phenolic OH excluding ortho intramolecular Hbond substituents is 1. The molecule has 1 aromatic rings. The Kier molecular flexibility index (Phi) is 3.37. The zero-order chi connectivity index (χ0) is 13.3. The number of aromatic hydroxyl groups is 1. The second-order valence-corrected chi connectivity index (χ2v) is 4.60. The van der Waals surface area contributed by atoms with Gasteiger partial charge in [0.05, 0.1) is 22.0 Å². The summed E-state index contributed by atoms with van der Waals surface area (Å²) in [6, 6.07) is 1.96. The SMILES string of the molecule is O=C1N[C@@H](c2cc([N+](=O)[O-])cc(Br)c2O)CCO1. The number of nitro benzene ring substituents is 1. The van der Waals surface area contributed by atoms with E-state index in [2.05, 4.69) is 21.2 Å². The normalized spacial score (nSPS) is 18.9. The molecular formula is C10H9BrN2O5. The van der Waals surface area contributed by atoms with Gasteiger partial charge in [-0.1, -0.05) is 0 Å². The number of carbonyl (C=O) groups is 1. The Morgan fingerprint density at radius 2 is 2.28 bits per heavy atom. The molecule has 7 nitrogen and oxygen atoms in total. The van der Waals surface area contributed by atoms with Gasteiger partial charge >= 0.3 is 6.09 Å². The zero-order valence-electron chi connectivity index (χ0n) is 9.05. The lowest BCUT2D eigenvalue weighted by Gasteiger charge is -2.24. The van der Waals surface area contributed by atoms with Gasteiger partial charge in [-0.2, -0.15) is 0 Å². The maximum absolute atomic E-state index is 11.1. The van der Waals surface area contributed by atoms with Crippen LogP contribution in [0.2, 0.25) is 0 Å². The minimum absolute atomic E-state index is 0.118. The van der Waals surface area contributed by atoms with E-state index in [0.29, 0.717) is 12.0 Å². The molecule has 1 aliphatic heterocycles. The molecule has 1 amide bonds. The van der Waals surface area contributed by atoms with Crippen LogP contribution in [0.5, 0.6) is 5.75 Å². The van der Waals surface area contributed by atoms with Gasteiger partial charge in [0.15, 0.2) is 0 Å². The number of hydrogen-bond donors (Lipinski definition) is 2. The molecule has 8 heteroatoms. The summed E-state index contributed by atoms with van der Waals surface area (Å²) in [6.45, 7) is 0.205. The Bertz CT molecular complexity index is 519. The maximum atomic E-state index is 11.1. The summed E-state index contributed by atoms with van der Waals surface area (Å²) in [4.78, 5) is 21.3. The second-order valence-electron chi connectivity index (χ2n) is 3.74. The highest BCUT2D eigenvalue weighted by atomic mass is 79.9. The van der Waals surface area contributed by atoms with E-state index in [1.54, 1.807) is 0 Å². The number of nitro groups is 1. The highest BCUT2D eigenvalue weighted by molar-refractivity contribution is 9.10. The molecule has 0 aliphatic carbocycles. The molecule has 0 aromatic heterocycles. The van der Waals surface area contributed by atoms with Gasteiger partial charge in [0.25, 0.3) is 5.69 Å². The van der Waals surface area contributed by atoms with E-state index in [1.165, 1.54) is 12.1 Å². The monoisotopic (exact) mass is 316 g/mol. The summed E-state index contributed by atoms with van der Waals surface area (Å²) >= 11 is 3.05. The standard InChI is InChI=1S/C10H9BrN2O5/c11-7-4-5(13(16)17)3-6(9(7)14)8-1-2-18-10(15)12-8/h3-4,8,14H,1-2H2,(H,12,15)/t8-/m1/s1. The molecule has 0 unspecified atom stereocenters. The van der Waals surface area contributed by atoms with Crippen molar-refractivity contribution >= 4 is 27.7 Å². The number of hydrogen-bond acceptors (Lipinski definition) is 5. The predicted molar refractivity (Wildman–Crippen MR) is 64.3 cm³/mol. The number of nitrogens with one attached hydrogen (secondary N) is 1. The van der Waals surface area contributed by atoms with Crippen LogP contribution in [0.4, 0.5) is 10.5 Å². The van der Waals surface area contributed by atoms with E-state index < -0.39 is 17.1 Å². The Morgan fingerprint density at radius 3 is 2.89 bits per heavy atom. The summed E-state index contributed by atoms with van der Waals surface area (Å²) in [7, 11) is 0. The lowest BCUT2D eigenvalue weighted by Crippen LogP contribution is -2.35. The van der Waals surface area contributed by atoms with Gasteiger partial charge in [-0.05, 0) is 15.9 Å². The van der Waals surface area contributed by atoms with Gasteiger partial charge in [-0.15, -0.1) is 0 Å². The van der Waals surface area contributed by atoms with Crippen LogP contribution in [0.25, 0.3) is 0 Å². The van der Waals surface area contributed by atoms with Crippen molar-refractivity contribution in [2.45, 2.75) is 12.5 Å². The average Bonchev–Trinajstić information content (AvgIpc) is 2.32. The molecule has 96 valence electrons. The summed E-state index contributed by atoms with van der Waals surface area (Å²) in [6.07, 6.45) is -0.166. The van der Waals surface area contributed by atoms with Crippen molar-refractivity contribution in [3.8, 4) is 5.75 Å². The number of carbonyl (C=O) groups excluding carboxylic acids is 1. The van der Waals surface area contributed by atoms with Crippen LogP contribution >= 0.6 is 15.9 Å². The number of rotatable bonds is 2. The Labute approximate surface area is 110 Å². The van der Waals surface area contributed by atoms with Crippen molar-refractivity contribution < 1.29 is 19.6 Å². The molecule has 2 rings (SSSR count). The molecule has 2 N–H and O–H groups in total. The maximum Gasteiger partial charge on any atom is 0.407 e. The van der Waals surface area contributed by atoms with Crippen LogP contribution in [-0.4, -0.2) is 22.7 Å². The van der Waals surface area contributed by atoms with E-state index in [0.717, 1.165) is 0 Å². The highest BCUT2D eigenvalue weighted by Gasteiger charge is 2.26. The summed E-state index contributed by atoms with van der Waals surface area (Å²) in [5.74, 6) is -0.118. The first-order chi connectivity index (χ1) is 8.49. The van der Waals surface area contributed by atoms with Crippen molar-refractivity contribution in [1.82, 2.24) is 5.32 Å². The van der Waals surface area contributed by atoms with Crippen LogP contribution in [0, 0.1) is 10.1 Å². The van der Waals surface area contributed by atoms with Crippen molar-refractivity contribution in [2.24, 2.45) is 0 Å². The first kappa shape index (κ1) is 12.6. The van der Waals surface area contributed by atoms with Gasteiger partial charge in [0.1, 0.15) is 5.75 Å². The van der Waals surface area contributed by atoms with Crippen molar-refractivity contribution in [3.63, 3.8) is 0 Å². The molecule has 1 fully saturated rings. The summed E-state index contributed by atoms with van der Waals surface area (Å²) < 4.78 is 4.92. The lowest BCUT2D eigenvalue weighted by molar-refractivity contribution is -0.385. The molecule has 0 spiro atoms. The lowest BCUT2D eigenvalue weighted by atomic mass is 10.0. The van der Waals surface area contributed by atoms with Crippen LogP contribution in [0.15, 0.2) is 16.6 Å². The van der Waals surface area contributed by atoms with E-state index >= 15 is 0 Å². The third-order valence-electron chi connectivity index (χ3n) is 2.60. The second kappa shape index (κ2) is 4.81. The van der Waals surface area contributed by atoms with Crippen LogP contribution in [-0.2, 0) is 4.74 Å². The van der Waals surface area contributed by atoms with Gasteiger partial charge in [-0.25, -0.2) is 4.79 Å². The third kappa shape index (κ3) is 2.37. The van der Waals surface area contributed by atoms with Crippen molar-refractivity contribution in [2.75, 3.05) is 6.61 Å². The first-order valence-corrected chi connectivity index (χ1v) is 5.88. The largest absolute Gasteiger partial charge is 0.506 e. The van der Waals surface area contributed by atoms with Gasteiger partial charge in [-0.3, -0.25) is 10.1 Å². The fourth-order valence-electron chi connectivity index (χ4n) is 1.74. The number of alkyl carbamates (subject to hydrolysis) is 1. The molecular weight excluding hydrogens is 308 g/mol. The molecule has 1 aliphatic rings. The molecule has 1 saturated heterocycles. The number of phenols is 1. The summed E-state index contributed by atoms with van der Waals surface area (Å²) in [5.41, 5.74) is 0.142. The number of nitrogens with zero attached hydrogens (tertiary/aromatic N) is 1. The number of halogens is 1. The van der Waals surface area contributed by atoms with Gasteiger partial charge < -0.3 is 15.2 Å². The van der Waals surface area contributed by atoms with Crippen LogP contribution < -0.4 is 5.32 Å². The predicted octanol–water partition coefficient (Wildman–Crippen LogP) is 2.23. The summed E-state index contributed by atoms with van der Waals surface area (Å²) in [5, 5.41) is 23.1. The Morgan fingerprint density at radius 1 is 1.56 bits per heavy atom. The molecule has 0 bridgehead atoms. The fourth-order valence-corrected chi connectivity index (χ4v) is 2.20. The topological polar surface area (TPSA) is 102 Å². The minimum atomic E-state index is -0.603.